The molecule has 19 heavy (non-hydrogen) atoms. The zero-order chi connectivity index (χ0) is 13.5. The topological polar surface area (TPSA) is 61.5 Å². The summed E-state index contributed by atoms with van der Waals surface area (Å²) in [6.07, 6.45) is 2.29. The molecule has 106 valence electrons. The van der Waals surface area contributed by atoms with Crippen LogP contribution in [0.5, 0.6) is 5.75 Å². The molecule has 5 heteroatoms. The van der Waals surface area contributed by atoms with Crippen molar-refractivity contribution in [1.29, 1.82) is 0 Å². The van der Waals surface area contributed by atoms with Gasteiger partial charge in [-0.1, -0.05) is 18.2 Å². The van der Waals surface area contributed by atoms with E-state index in [0.717, 1.165) is 30.8 Å². The second-order valence-corrected chi connectivity index (χ2v) is 6.23. The van der Waals surface area contributed by atoms with Crippen LogP contribution in [-0.2, 0) is 22.1 Å². The first-order chi connectivity index (χ1) is 9.29. The van der Waals surface area contributed by atoms with Crippen molar-refractivity contribution in [2.45, 2.75) is 25.5 Å². The van der Waals surface area contributed by atoms with Crippen LogP contribution in [0.1, 0.15) is 18.4 Å². The minimum absolute atomic E-state index is 0.178. The average Bonchev–Trinajstić information content (AvgIpc) is 2.92. The molecule has 1 aromatic rings. The Kier molecular flexibility index (Phi) is 5.82. The van der Waals surface area contributed by atoms with Gasteiger partial charge in [0.15, 0.2) is 0 Å². The first kappa shape index (κ1) is 14.5. The largest absolute Gasteiger partial charge is 0.492 e. The second kappa shape index (κ2) is 7.62. The number of hydrogen-bond donors (Lipinski definition) is 1. The third-order valence-corrected chi connectivity index (χ3v) is 4.52. The minimum atomic E-state index is -0.873. The molecule has 2 rings (SSSR count). The van der Waals surface area contributed by atoms with E-state index in [1.54, 1.807) is 0 Å². The lowest BCUT2D eigenvalue weighted by molar-refractivity contribution is 0.128. The summed E-state index contributed by atoms with van der Waals surface area (Å²) in [5.41, 5.74) is 6.61. The molecule has 1 fully saturated rings. The summed E-state index contributed by atoms with van der Waals surface area (Å²) >= 11 is 0. The zero-order valence-corrected chi connectivity index (χ0v) is 11.9. The molecule has 4 nitrogen and oxygen atoms in total. The summed E-state index contributed by atoms with van der Waals surface area (Å²) in [7, 11) is -0.873. The fraction of sp³-hybridized carbons (Fsp3) is 0.571. The fourth-order valence-electron chi connectivity index (χ4n) is 2.12. The Balaban J connectivity index is 1.72. The normalized spacial score (nSPS) is 20.4. The van der Waals surface area contributed by atoms with Crippen LogP contribution in [0.4, 0.5) is 0 Å². The summed E-state index contributed by atoms with van der Waals surface area (Å²) in [6.45, 7) is 1.72. The molecule has 2 unspecified atom stereocenters. The van der Waals surface area contributed by atoms with Crippen LogP contribution in [-0.4, -0.2) is 35.0 Å². The monoisotopic (exact) mass is 283 g/mol. The Morgan fingerprint density at radius 2 is 2.26 bits per heavy atom. The van der Waals surface area contributed by atoms with Crippen LogP contribution in [0.2, 0.25) is 0 Å². The van der Waals surface area contributed by atoms with Crippen molar-refractivity contribution in [3.05, 3.63) is 29.8 Å². The van der Waals surface area contributed by atoms with Gasteiger partial charge >= 0.3 is 0 Å². The maximum atomic E-state index is 11.9. The van der Waals surface area contributed by atoms with E-state index in [2.05, 4.69) is 0 Å². The molecule has 2 N–H and O–H groups in total. The number of nitrogens with two attached hydrogens (primary N) is 1. The molecule has 0 aliphatic carbocycles. The van der Waals surface area contributed by atoms with E-state index in [1.165, 1.54) is 0 Å². The number of para-hydroxylation sites is 1. The van der Waals surface area contributed by atoms with Gasteiger partial charge in [-0.2, -0.15) is 0 Å². The van der Waals surface area contributed by atoms with Crippen molar-refractivity contribution in [2.75, 3.05) is 24.7 Å². The Labute approximate surface area is 116 Å². The highest BCUT2D eigenvalue weighted by molar-refractivity contribution is 7.85. The molecule has 1 saturated heterocycles. The van der Waals surface area contributed by atoms with Crippen molar-refractivity contribution >= 4 is 10.8 Å². The maximum Gasteiger partial charge on any atom is 0.123 e. The number of ether oxygens (including phenoxy) is 2. The second-order valence-electron chi connectivity index (χ2n) is 4.61. The van der Waals surface area contributed by atoms with Crippen molar-refractivity contribution < 1.29 is 13.7 Å². The summed E-state index contributed by atoms with van der Waals surface area (Å²) < 4.78 is 23.0. The van der Waals surface area contributed by atoms with Crippen LogP contribution in [0.15, 0.2) is 24.3 Å². The molecule has 1 aliphatic heterocycles. The van der Waals surface area contributed by atoms with Gasteiger partial charge < -0.3 is 15.2 Å². The lowest BCUT2D eigenvalue weighted by atomic mass is 10.2. The van der Waals surface area contributed by atoms with Crippen LogP contribution >= 0.6 is 0 Å². The zero-order valence-electron chi connectivity index (χ0n) is 11.0. The third-order valence-electron chi connectivity index (χ3n) is 3.16. The van der Waals surface area contributed by atoms with E-state index in [-0.39, 0.29) is 6.10 Å². The van der Waals surface area contributed by atoms with E-state index in [0.29, 0.717) is 24.7 Å². The standard InChI is InChI=1S/C14H21NO3S/c15-10-12-4-1-2-6-14(12)18-8-9-19(16)11-13-5-3-7-17-13/h1-2,4,6,13H,3,5,7-11,15H2. The minimum Gasteiger partial charge on any atom is -0.492 e. The summed E-state index contributed by atoms with van der Waals surface area (Å²) in [5, 5.41) is 0. The molecule has 0 spiro atoms. The Bertz CT molecular complexity index is 419. The van der Waals surface area contributed by atoms with E-state index in [4.69, 9.17) is 15.2 Å². The summed E-state index contributed by atoms with van der Waals surface area (Å²) in [6, 6.07) is 7.69. The van der Waals surface area contributed by atoms with Gasteiger partial charge in [0, 0.05) is 35.3 Å². The molecule has 2 atom stereocenters. The molecule has 0 saturated carbocycles. The van der Waals surface area contributed by atoms with Gasteiger partial charge in [0.1, 0.15) is 5.75 Å². The Morgan fingerprint density at radius 1 is 1.42 bits per heavy atom. The lowest BCUT2D eigenvalue weighted by Gasteiger charge is -2.11. The van der Waals surface area contributed by atoms with Gasteiger partial charge in [0.2, 0.25) is 0 Å². The number of hydrogen-bond acceptors (Lipinski definition) is 4. The van der Waals surface area contributed by atoms with Gasteiger partial charge in [-0.15, -0.1) is 0 Å². The molecule has 0 amide bonds. The summed E-state index contributed by atoms with van der Waals surface area (Å²) in [5.74, 6) is 1.96. The fourth-order valence-corrected chi connectivity index (χ4v) is 3.24. The van der Waals surface area contributed by atoms with Crippen molar-refractivity contribution in [3.8, 4) is 5.75 Å². The molecular formula is C14H21NO3S. The van der Waals surface area contributed by atoms with Crippen molar-refractivity contribution in [3.63, 3.8) is 0 Å². The first-order valence-corrected chi connectivity index (χ1v) is 8.15. The molecule has 1 heterocycles. The van der Waals surface area contributed by atoms with Crippen LogP contribution < -0.4 is 10.5 Å². The molecule has 1 aliphatic rings. The van der Waals surface area contributed by atoms with Crippen LogP contribution in [0.3, 0.4) is 0 Å². The molecule has 0 bridgehead atoms. The van der Waals surface area contributed by atoms with Crippen molar-refractivity contribution in [1.82, 2.24) is 0 Å². The Hall–Kier alpha value is -0.910. The van der Waals surface area contributed by atoms with Gasteiger partial charge in [-0.3, -0.25) is 4.21 Å². The smallest absolute Gasteiger partial charge is 0.123 e. The highest BCUT2D eigenvalue weighted by Gasteiger charge is 2.18. The third kappa shape index (κ3) is 4.60. The SMILES string of the molecule is NCc1ccccc1OCCS(=O)CC1CCCO1. The van der Waals surface area contributed by atoms with E-state index in [9.17, 15) is 4.21 Å². The maximum absolute atomic E-state index is 11.9. The number of benzene rings is 1. The van der Waals surface area contributed by atoms with Gasteiger partial charge in [0.25, 0.3) is 0 Å². The van der Waals surface area contributed by atoms with E-state index >= 15 is 0 Å². The van der Waals surface area contributed by atoms with Crippen LogP contribution in [0, 0.1) is 0 Å². The van der Waals surface area contributed by atoms with Crippen molar-refractivity contribution in [2.24, 2.45) is 5.73 Å². The van der Waals surface area contributed by atoms with Gasteiger partial charge in [0.05, 0.1) is 18.5 Å². The highest BCUT2D eigenvalue weighted by atomic mass is 32.2. The Morgan fingerprint density at radius 3 is 3.00 bits per heavy atom. The van der Waals surface area contributed by atoms with E-state index < -0.39 is 10.8 Å². The predicted octanol–water partition coefficient (Wildman–Crippen LogP) is 1.45. The average molecular weight is 283 g/mol. The molecule has 1 aromatic carbocycles. The van der Waals surface area contributed by atoms with E-state index in [1.807, 2.05) is 24.3 Å². The molecule has 0 aromatic heterocycles. The highest BCUT2D eigenvalue weighted by Crippen LogP contribution is 2.17. The summed E-state index contributed by atoms with van der Waals surface area (Å²) in [4.78, 5) is 0. The molecular weight excluding hydrogens is 262 g/mol. The van der Waals surface area contributed by atoms with Crippen LogP contribution in [0.25, 0.3) is 0 Å². The molecule has 0 radical (unpaired) electrons. The first-order valence-electron chi connectivity index (χ1n) is 6.67. The predicted molar refractivity (Wildman–Crippen MR) is 76.7 cm³/mol. The quantitative estimate of drug-likeness (QED) is 0.823. The number of rotatable bonds is 7. The lowest BCUT2D eigenvalue weighted by Crippen LogP contribution is -2.20. The van der Waals surface area contributed by atoms with Gasteiger partial charge in [-0.05, 0) is 18.9 Å². The van der Waals surface area contributed by atoms with Gasteiger partial charge in [-0.25, -0.2) is 0 Å².